The predicted molar refractivity (Wildman–Crippen MR) is 110 cm³/mol. The number of amides is 1. The van der Waals surface area contributed by atoms with E-state index in [9.17, 15) is 9.59 Å². The molecule has 1 aliphatic heterocycles. The highest BCUT2D eigenvalue weighted by Gasteiger charge is 2.31. The molecule has 1 saturated heterocycles. The zero-order valence-corrected chi connectivity index (χ0v) is 17.0. The maximum absolute atomic E-state index is 12.6. The molecule has 1 amide bonds. The molecule has 6 nitrogen and oxygen atoms in total. The van der Waals surface area contributed by atoms with E-state index < -0.39 is 5.97 Å². The van der Waals surface area contributed by atoms with Crippen molar-refractivity contribution in [3.05, 3.63) is 28.7 Å². The molecule has 1 N–H and O–H groups in total. The number of hydrogen-bond acceptors (Lipinski definition) is 6. The van der Waals surface area contributed by atoms with E-state index in [-0.39, 0.29) is 12.3 Å². The molecule has 0 bridgehead atoms. The Labute approximate surface area is 168 Å². The van der Waals surface area contributed by atoms with Gasteiger partial charge in [0.1, 0.15) is 4.32 Å². The summed E-state index contributed by atoms with van der Waals surface area (Å²) in [6.07, 6.45) is 4.02. The summed E-state index contributed by atoms with van der Waals surface area (Å²) >= 11 is 6.60. The maximum Gasteiger partial charge on any atom is 0.303 e. The molecule has 1 heterocycles. The number of ether oxygens (including phenoxy) is 2. The Morgan fingerprint density at radius 3 is 2.74 bits per heavy atom. The van der Waals surface area contributed by atoms with Crippen LogP contribution in [0.1, 0.15) is 38.2 Å². The van der Waals surface area contributed by atoms with Crippen molar-refractivity contribution in [3.8, 4) is 11.5 Å². The number of rotatable bonds is 10. The molecule has 0 radical (unpaired) electrons. The number of carboxylic acids is 1. The summed E-state index contributed by atoms with van der Waals surface area (Å²) < 4.78 is 11.4. The van der Waals surface area contributed by atoms with Crippen LogP contribution in [0.2, 0.25) is 0 Å². The lowest BCUT2D eigenvalue weighted by Crippen LogP contribution is -2.29. The first kappa shape index (κ1) is 21.2. The fourth-order valence-electron chi connectivity index (χ4n) is 2.62. The van der Waals surface area contributed by atoms with Gasteiger partial charge in [-0.2, -0.15) is 0 Å². The molecule has 0 atom stereocenters. The monoisotopic (exact) mass is 409 g/mol. The van der Waals surface area contributed by atoms with Crippen molar-refractivity contribution in [1.29, 1.82) is 0 Å². The first-order valence-corrected chi connectivity index (χ1v) is 9.96. The zero-order chi connectivity index (χ0) is 19.8. The number of carbonyl (C=O) groups excluding carboxylic acids is 1. The number of nitrogens with zero attached hydrogens (tertiary/aromatic N) is 1. The standard InChI is InChI=1S/C19H23NO5S2/c1-3-25-14-9-8-13(11-15(14)24-2)12-16-18(23)20(19(26)27-16)10-6-4-5-7-17(21)22/h8-9,11-12H,3-7,10H2,1-2H3,(H,21,22)/b16-12-. The second kappa shape index (κ2) is 10.3. The molecule has 146 valence electrons. The lowest BCUT2D eigenvalue weighted by molar-refractivity contribution is -0.137. The number of methoxy groups -OCH3 is 1. The number of hydrogen-bond donors (Lipinski definition) is 1. The van der Waals surface area contributed by atoms with E-state index in [2.05, 4.69) is 0 Å². The smallest absolute Gasteiger partial charge is 0.303 e. The number of unbranched alkanes of at least 4 members (excludes halogenated alkanes) is 2. The highest BCUT2D eigenvalue weighted by atomic mass is 32.2. The molecular weight excluding hydrogens is 386 g/mol. The number of thioether (sulfide) groups is 1. The van der Waals surface area contributed by atoms with E-state index >= 15 is 0 Å². The number of carbonyl (C=O) groups is 2. The van der Waals surface area contributed by atoms with E-state index in [0.717, 1.165) is 18.4 Å². The van der Waals surface area contributed by atoms with Crippen LogP contribution in [0.25, 0.3) is 6.08 Å². The van der Waals surface area contributed by atoms with Gasteiger partial charge >= 0.3 is 5.97 Å². The van der Waals surface area contributed by atoms with Crippen LogP contribution in [0.15, 0.2) is 23.1 Å². The lowest BCUT2D eigenvalue weighted by atomic mass is 10.1. The SMILES string of the molecule is CCOc1ccc(/C=C2\SC(=S)N(CCCCCC(=O)O)C2=O)cc1OC. The minimum absolute atomic E-state index is 0.115. The van der Waals surface area contributed by atoms with Crippen molar-refractivity contribution in [1.82, 2.24) is 4.90 Å². The van der Waals surface area contributed by atoms with Crippen molar-refractivity contribution < 1.29 is 24.2 Å². The second-order valence-corrected chi connectivity index (χ2v) is 7.56. The van der Waals surface area contributed by atoms with Gasteiger partial charge < -0.3 is 14.6 Å². The Kier molecular flexibility index (Phi) is 8.12. The molecule has 2 rings (SSSR count). The van der Waals surface area contributed by atoms with Crippen molar-refractivity contribution in [2.75, 3.05) is 20.3 Å². The van der Waals surface area contributed by atoms with Crippen LogP contribution in [-0.2, 0) is 9.59 Å². The Morgan fingerprint density at radius 1 is 1.30 bits per heavy atom. The lowest BCUT2D eigenvalue weighted by Gasteiger charge is -2.13. The second-order valence-electron chi connectivity index (χ2n) is 5.88. The van der Waals surface area contributed by atoms with E-state index in [1.807, 2.05) is 25.1 Å². The van der Waals surface area contributed by atoms with Crippen molar-refractivity contribution >= 4 is 46.3 Å². The summed E-state index contributed by atoms with van der Waals surface area (Å²) in [5.74, 6) is 0.357. The first-order valence-electron chi connectivity index (χ1n) is 8.74. The highest BCUT2D eigenvalue weighted by Crippen LogP contribution is 2.34. The minimum Gasteiger partial charge on any atom is -0.493 e. The van der Waals surface area contributed by atoms with Crippen LogP contribution in [0.3, 0.4) is 0 Å². The van der Waals surface area contributed by atoms with E-state index in [0.29, 0.717) is 40.3 Å². The van der Waals surface area contributed by atoms with Gasteiger partial charge in [0.25, 0.3) is 5.91 Å². The zero-order valence-electron chi connectivity index (χ0n) is 15.4. The van der Waals surface area contributed by atoms with E-state index in [1.54, 1.807) is 18.1 Å². The normalized spacial score (nSPS) is 15.5. The average molecular weight is 410 g/mol. The molecule has 8 heteroatoms. The topological polar surface area (TPSA) is 76.1 Å². The fraction of sp³-hybridized carbons (Fsp3) is 0.421. The van der Waals surface area contributed by atoms with Crippen molar-refractivity contribution in [2.45, 2.75) is 32.6 Å². The van der Waals surface area contributed by atoms with E-state index in [1.165, 1.54) is 11.8 Å². The largest absolute Gasteiger partial charge is 0.493 e. The molecule has 0 aromatic heterocycles. The molecule has 0 spiro atoms. The van der Waals surface area contributed by atoms with Gasteiger partial charge in [-0.3, -0.25) is 14.5 Å². The molecule has 0 aliphatic carbocycles. The number of benzene rings is 1. The van der Waals surface area contributed by atoms with Gasteiger partial charge in [-0.25, -0.2) is 0 Å². The van der Waals surface area contributed by atoms with Crippen LogP contribution in [-0.4, -0.2) is 46.5 Å². The Bertz CT molecular complexity index is 748. The summed E-state index contributed by atoms with van der Waals surface area (Å²) in [4.78, 5) is 25.3. The van der Waals surface area contributed by atoms with Crippen LogP contribution < -0.4 is 9.47 Å². The molecule has 1 fully saturated rings. The quantitative estimate of drug-likeness (QED) is 0.356. The van der Waals surface area contributed by atoms with Crippen LogP contribution in [0.5, 0.6) is 11.5 Å². The average Bonchev–Trinajstić information content (AvgIpc) is 2.89. The summed E-state index contributed by atoms with van der Waals surface area (Å²) in [7, 11) is 1.57. The van der Waals surface area contributed by atoms with Crippen LogP contribution in [0, 0.1) is 0 Å². The van der Waals surface area contributed by atoms with Crippen molar-refractivity contribution in [2.24, 2.45) is 0 Å². The molecule has 1 aromatic rings. The Hall–Kier alpha value is -2.06. The third-order valence-electron chi connectivity index (χ3n) is 3.93. The first-order chi connectivity index (χ1) is 13.0. The van der Waals surface area contributed by atoms with Gasteiger partial charge in [-0.05, 0) is 43.5 Å². The van der Waals surface area contributed by atoms with Crippen LogP contribution in [0.4, 0.5) is 0 Å². The maximum atomic E-state index is 12.6. The Morgan fingerprint density at radius 2 is 2.07 bits per heavy atom. The van der Waals surface area contributed by atoms with Gasteiger partial charge in [0.05, 0.1) is 18.6 Å². The molecule has 0 saturated carbocycles. The fourth-order valence-corrected chi connectivity index (χ4v) is 3.92. The van der Waals surface area contributed by atoms with Gasteiger partial charge in [0.2, 0.25) is 0 Å². The summed E-state index contributed by atoms with van der Waals surface area (Å²) in [6.45, 7) is 2.95. The number of carboxylic acid groups (broad SMARTS) is 1. The number of thiocarbonyl (C=S) groups is 1. The molecule has 27 heavy (non-hydrogen) atoms. The van der Waals surface area contributed by atoms with Crippen LogP contribution >= 0.6 is 24.0 Å². The van der Waals surface area contributed by atoms with Gasteiger partial charge in [0.15, 0.2) is 11.5 Å². The van der Waals surface area contributed by atoms with E-state index in [4.69, 9.17) is 26.8 Å². The summed E-state index contributed by atoms with van der Waals surface area (Å²) in [5.41, 5.74) is 0.831. The van der Waals surface area contributed by atoms with Crippen molar-refractivity contribution in [3.63, 3.8) is 0 Å². The van der Waals surface area contributed by atoms with Gasteiger partial charge in [-0.1, -0.05) is 36.5 Å². The number of aliphatic carboxylic acids is 1. The summed E-state index contributed by atoms with van der Waals surface area (Å²) in [6, 6.07) is 5.51. The molecule has 1 aliphatic rings. The predicted octanol–water partition coefficient (Wildman–Crippen LogP) is 3.94. The molecule has 0 unspecified atom stereocenters. The summed E-state index contributed by atoms with van der Waals surface area (Å²) in [5, 5.41) is 8.65. The Balaban J connectivity index is 2.01. The highest BCUT2D eigenvalue weighted by molar-refractivity contribution is 8.26. The van der Waals surface area contributed by atoms with Gasteiger partial charge in [0, 0.05) is 13.0 Å². The molecular formula is C19H23NO5S2. The third-order valence-corrected chi connectivity index (χ3v) is 5.31. The molecule has 1 aromatic carbocycles. The van der Waals surface area contributed by atoms with Gasteiger partial charge in [-0.15, -0.1) is 0 Å². The third kappa shape index (κ3) is 5.97. The minimum atomic E-state index is -0.797.